The topological polar surface area (TPSA) is 115 Å². The van der Waals surface area contributed by atoms with Crippen LogP contribution in [0, 0.1) is 0 Å². The number of anilines is 1. The molecule has 0 bridgehead atoms. The molecule has 5 aromatic rings. The molecule has 0 aliphatic rings. The second kappa shape index (κ2) is 7.17. The van der Waals surface area contributed by atoms with Crippen molar-refractivity contribution in [2.45, 2.75) is 13.3 Å². The third-order valence-corrected chi connectivity index (χ3v) is 4.92. The van der Waals surface area contributed by atoms with Gasteiger partial charge >= 0.3 is 11.3 Å². The maximum Gasteiger partial charge on any atom is 0.349 e. The number of hydrogen-bond donors (Lipinski definition) is 1. The monoisotopic (exact) mass is 413 g/mol. The zero-order valence-electron chi connectivity index (χ0n) is 16.3. The number of benzene rings is 2. The SMILES string of the molecule is CCC(=O)Nc1nc(-c2cc3ccccc3oc2=O)nc2c1c(=O)oc1ccccc12. The van der Waals surface area contributed by atoms with Gasteiger partial charge < -0.3 is 14.2 Å². The Labute approximate surface area is 174 Å². The highest BCUT2D eigenvalue weighted by atomic mass is 16.4. The molecule has 0 unspecified atom stereocenters. The van der Waals surface area contributed by atoms with Crippen LogP contribution in [0.15, 0.2) is 73.0 Å². The number of fused-ring (bicyclic) bond motifs is 4. The fourth-order valence-corrected chi connectivity index (χ4v) is 3.40. The molecule has 0 spiro atoms. The first-order chi connectivity index (χ1) is 15.0. The highest BCUT2D eigenvalue weighted by molar-refractivity contribution is 6.08. The number of nitrogens with zero attached hydrogens (tertiary/aromatic N) is 2. The van der Waals surface area contributed by atoms with Crippen LogP contribution in [0.4, 0.5) is 5.82 Å². The lowest BCUT2D eigenvalue weighted by Gasteiger charge is -2.10. The Balaban J connectivity index is 1.89. The van der Waals surface area contributed by atoms with Crippen molar-refractivity contribution in [1.82, 2.24) is 9.97 Å². The van der Waals surface area contributed by atoms with Crippen LogP contribution < -0.4 is 16.6 Å². The van der Waals surface area contributed by atoms with Crippen molar-refractivity contribution in [3.05, 3.63) is 75.4 Å². The van der Waals surface area contributed by atoms with E-state index in [2.05, 4.69) is 15.3 Å². The molecule has 0 saturated carbocycles. The Morgan fingerprint density at radius 3 is 2.45 bits per heavy atom. The number of carbonyl (C=O) groups is 1. The van der Waals surface area contributed by atoms with E-state index in [9.17, 15) is 14.4 Å². The molecular formula is C23H15N3O5. The molecule has 5 rings (SSSR count). The minimum atomic E-state index is -0.683. The largest absolute Gasteiger partial charge is 0.422 e. The number of rotatable bonds is 3. The van der Waals surface area contributed by atoms with Crippen LogP contribution in [-0.2, 0) is 4.79 Å². The van der Waals surface area contributed by atoms with Crippen LogP contribution >= 0.6 is 0 Å². The summed E-state index contributed by atoms with van der Waals surface area (Å²) < 4.78 is 10.8. The van der Waals surface area contributed by atoms with Crippen molar-refractivity contribution < 1.29 is 13.6 Å². The molecule has 3 heterocycles. The van der Waals surface area contributed by atoms with Gasteiger partial charge in [-0.15, -0.1) is 0 Å². The molecular weight excluding hydrogens is 398 g/mol. The predicted molar refractivity (Wildman–Crippen MR) is 116 cm³/mol. The Bertz CT molecular complexity index is 1620. The van der Waals surface area contributed by atoms with Crippen molar-refractivity contribution in [3.8, 4) is 11.4 Å². The van der Waals surface area contributed by atoms with Gasteiger partial charge in [0.05, 0.1) is 5.52 Å². The van der Waals surface area contributed by atoms with E-state index in [1.807, 2.05) is 6.07 Å². The normalized spacial score (nSPS) is 11.3. The van der Waals surface area contributed by atoms with E-state index >= 15 is 0 Å². The van der Waals surface area contributed by atoms with Crippen LogP contribution in [-0.4, -0.2) is 15.9 Å². The first kappa shape index (κ1) is 18.7. The van der Waals surface area contributed by atoms with Crippen LogP contribution in [0.3, 0.4) is 0 Å². The van der Waals surface area contributed by atoms with Gasteiger partial charge in [0.25, 0.3) is 0 Å². The fourth-order valence-electron chi connectivity index (χ4n) is 3.40. The maximum absolute atomic E-state index is 12.7. The summed E-state index contributed by atoms with van der Waals surface area (Å²) in [5.74, 6) is -0.322. The Morgan fingerprint density at radius 1 is 0.935 bits per heavy atom. The number of para-hydroxylation sites is 2. The van der Waals surface area contributed by atoms with E-state index in [0.29, 0.717) is 21.9 Å². The van der Waals surface area contributed by atoms with Gasteiger partial charge in [-0.1, -0.05) is 37.3 Å². The third-order valence-electron chi connectivity index (χ3n) is 4.92. The highest BCUT2D eigenvalue weighted by Crippen LogP contribution is 2.28. The van der Waals surface area contributed by atoms with Gasteiger partial charge in [0.15, 0.2) is 11.6 Å². The zero-order chi connectivity index (χ0) is 21.5. The molecule has 0 saturated heterocycles. The molecule has 3 aromatic heterocycles. The van der Waals surface area contributed by atoms with E-state index < -0.39 is 11.3 Å². The minimum absolute atomic E-state index is 0.0149. The molecule has 2 aromatic carbocycles. The summed E-state index contributed by atoms with van der Waals surface area (Å²) in [6.45, 7) is 1.68. The average Bonchev–Trinajstić information content (AvgIpc) is 2.78. The number of carbonyl (C=O) groups excluding carboxylic acids is 1. The number of amides is 1. The standard InChI is InChI=1S/C23H15N3O5/c1-2-17(27)24-21-18-19(13-8-4-6-10-16(13)31-23(18)29)25-20(26-21)14-11-12-7-3-5-9-15(12)30-22(14)28/h3-11H,2H2,1H3,(H,24,25,26,27). The van der Waals surface area contributed by atoms with Crippen LogP contribution in [0.5, 0.6) is 0 Å². The van der Waals surface area contributed by atoms with Gasteiger partial charge in [-0.05, 0) is 24.3 Å². The van der Waals surface area contributed by atoms with Crippen molar-refractivity contribution in [2.24, 2.45) is 0 Å². The molecule has 0 radical (unpaired) electrons. The summed E-state index contributed by atoms with van der Waals surface area (Å²) in [5.41, 5.74) is -0.151. The van der Waals surface area contributed by atoms with Gasteiger partial charge in [-0.3, -0.25) is 4.79 Å². The summed E-state index contributed by atoms with van der Waals surface area (Å²) in [6.07, 6.45) is 0.178. The van der Waals surface area contributed by atoms with Gasteiger partial charge in [0, 0.05) is 17.2 Å². The van der Waals surface area contributed by atoms with E-state index in [4.69, 9.17) is 8.83 Å². The van der Waals surface area contributed by atoms with Crippen molar-refractivity contribution in [1.29, 1.82) is 0 Å². The lowest BCUT2D eigenvalue weighted by molar-refractivity contribution is -0.115. The van der Waals surface area contributed by atoms with Crippen LogP contribution in [0.1, 0.15) is 13.3 Å². The van der Waals surface area contributed by atoms with Gasteiger partial charge in [-0.25, -0.2) is 19.6 Å². The van der Waals surface area contributed by atoms with Crippen molar-refractivity contribution >= 4 is 44.6 Å². The van der Waals surface area contributed by atoms with E-state index in [-0.39, 0.29) is 40.4 Å². The molecule has 1 N–H and O–H groups in total. The number of hydrogen-bond acceptors (Lipinski definition) is 7. The van der Waals surface area contributed by atoms with Crippen molar-refractivity contribution in [3.63, 3.8) is 0 Å². The molecule has 0 atom stereocenters. The van der Waals surface area contributed by atoms with Crippen LogP contribution in [0.2, 0.25) is 0 Å². The number of nitrogens with one attached hydrogen (secondary N) is 1. The fraction of sp³-hybridized carbons (Fsp3) is 0.0870. The Morgan fingerprint density at radius 2 is 1.65 bits per heavy atom. The molecule has 8 nitrogen and oxygen atoms in total. The first-order valence-electron chi connectivity index (χ1n) is 9.62. The maximum atomic E-state index is 12.7. The Kier molecular flexibility index (Phi) is 4.32. The van der Waals surface area contributed by atoms with Gasteiger partial charge in [0.2, 0.25) is 5.91 Å². The third kappa shape index (κ3) is 3.14. The van der Waals surface area contributed by atoms with Crippen LogP contribution in [0.25, 0.3) is 44.2 Å². The molecule has 0 aliphatic carbocycles. The lowest BCUT2D eigenvalue weighted by atomic mass is 10.1. The first-order valence-corrected chi connectivity index (χ1v) is 9.62. The minimum Gasteiger partial charge on any atom is -0.422 e. The number of aromatic nitrogens is 2. The molecule has 152 valence electrons. The zero-order valence-corrected chi connectivity index (χ0v) is 16.3. The highest BCUT2D eigenvalue weighted by Gasteiger charge is 2.20. The smallest absolute Gasteiger partial charge is 0.349 e. The molecule has 0 fully saturated rings. The van der Waals surface area contributed by atoms with Gasteiger partial charge in [-0.2, -0.15) is 0 Å². The molecule has 31 heavy (non-hydrogen) atoms. The van der Waals surface area contributed by atoms with E-state index in [1.54, 1.807) is 55.5 Å². The van der Waals surface area contributed by atoms with Gasteiger partial charge in [0.1, 0.15) is 22.1 Å². The summed E-state index contributed by atoms with van der Waals surface area (Å²) in [4.78, 5) is 46.3. The second-order valence-electron chi connectivity index (χ2n) is 6.89. The summed E-state index contributed by atoms with van der Waals surface area (Å²) in [5, 5.41) is 3.91. The summed E-state index contributed by atoms with van der Waals surface area (Å²) >= 11 is 0. The van der Waals surface area contributed by atoms with Crippen molar-refractivity contribution in [2.75, 3.05) is 5.32 Å². The summed E-state index contributed by atoms with van der Waals surface area (Å²) in [7, 11) is 0. The molecule has 8 heteroatoms. The average molecular weight is 413 g/mol. The van der Waals surface area contributed by atoms with E-state index in [0.717, 1.165) is 0 Å². The quantitative estimate of drug-likeness (QED) is 0.353. The predicted octanol–water partition coefficient (Wildman–Crippen LogP) is 3.86. The lowest BCUT2D eigenvalue weighted by Crippen LogP contribution is -2.16. The molecule has 0 aliphatic heterocycles. The van der Waals surface area contributed by atoms with E-state index in [1.165, 1.54) is 0 Å². The Hall–Kier alpha value is -4.33. The second-order valence-corrected chi connectivity index (χ2v) is 6.89. The molecule has 1 amide bonds. The summed E-state index contributed by atoms with van der Waals surface area (Å²) in [6, 6.07) is 15.6.